The van der Waals surface area contributed by atoms with E-state index in [9.17, 15) is 8.78 Å². The van der Waals surface area contributed by atoms with Crippen molar-refractivity contribution in [1.82, 2.24) is 0 Å². The Labute approximate surface area is 223 Å². The Morgan fingerprint density at radius 2 is 1.45 bits per heavy atom. The fourth-order valence-corrected chi connectivity index (χ4v) is 5.21. The average molecular weight is 525 g/mol. The van der Waals surface area contributed by atoms with E-state index in [0.717, 1.165) is 38.5 Å². The summed E-state index contributed by atoms with van der Waals surface area (Å²) in [4.78, 5) is 0. The number of hydrogen-bond acceptors (Lipinski definition) is 1. The van der Waals surface area contributed by atoms with E-state index in [-0.39, 0.29) is 16.7 Å². The van der Waals surface area contributed by atoms with Gasteiger partial charge < -0.3 is 4.74 Å². The fraction of sp³-hybridized carbons (Fsp3) is 0.394. The fourth-order valence-electron chi connectivity index (χ4n) is 5.21. The van der Waals surface area contributed by atoms with Crippen molar-refractivity contribution < 1.29 is 22.3 Å². The summed E-state index contributed by atoms with van der Waals surface area (Å²) in [6, 6.07) is 12.8. The minimum atomic E-state index is -0.928. The van der Waals surface area contributed by atoms with Crippen LogP contribution in [-0.2, 0) is 11.2 Å². The van der Waals surface area contributed by atoms with Crippen LogP contribution in [0.3, 0.4) is 0 Å². The summed E-state index contributed by atoms with van der Waals surface area (Å²) in [5.41, 5.74) is 1.82. The summed E-state index contributed by atoms with van der Waals surface area (Å²) in [6.45, 7) is 4.60. The highest BCUT2D eigenvalue weighted by molar-refractivity contribution is 5.71. The maximum atomic E-state index is 15.1. The first-order valence-electron chi connectivity index (χ1n) is 13.7. The normalized spacial score (nSPS) is 17.8. The molecule has 3 aromatic carbocycles. The van der Waals surface area contributed by atoms with Crippen LogP contribution in [0.2, 0.25) is 0 Å². The molecule has 1 saturated heterocycles. The number of halogens is 4. The first-order valence-corrected chi connectivity index (χ1v) is 13.7. The van der Waals surface area contributed by atoms with Crippen LogP contribution in [0.1, 0.15) is 76.0 Å². The Kier molecular flexibility index (Phi) is 9.79. The third-order valence-corrected chi connectivity index (χ3v) is 7.53. The van der Waals surface area contributed by atoms with Gasteiger partial charge in [-0.25, -0.2) is 17.6 Å². The molecule has 2 atom stereocenters. The quantitative estimate of drug-likeness (QED) is 0.146. The first kappa shape index (κ1) is 28.1. The van der Waals surface area contributed by atoms with Crippen molar-refractivity contribution >= 4 is 0 Å². The Balaban J connectivity index is 1.48. The van der Waals surface area contributed by atoms with Crippen molar-refractivity contribution in [3.8, 4) is 22.3 Å². The SMILES string of the molecule is CC=CCCC1CCC(c2ccc(-c3ccc(-c4ccc(CCCCC)c(F)c4F)cc3)c(F)c2F)OC1. The molecular formula is C33H36F4O. The molecule has 0 spiro atoms. The predicted molar refractivity (Wildman–Crippen MR) is 146 cm³/mol. The van der Waals surface area contributed by atoms with Crippen LogP contribution in [0, 0.1) is 29.2 Å². The van der Waals surface area contributed by atoms with Crippen LogP contribution in [0.25, 0.3) is 22.3 Å². The molecule has 5 heteroatoms. The van der Waals surface area contributed by atoms with E-state index < -0.39 is 29.4 Å². The monoisotopic (exact) mass is 524 g/mol. The largest absolute Gasteiger partial charge is 0.373 e. The molecular weight excluding hydrogens is 488 g/mol. The molecule has 0 aromatic heterocycles. The van der Waals surface area contributed by atoms with Crippen LogP contribution in [0.5, 0.6) is 0 Å². The lowest BCUT2D eigenvalue weighted by molar-refractivity contribution is -0.0210. The molecule has 3 aromatic rings. The second-order valence-electron chi connectivity index (χ2n) is 10.2. The van der Waals surface area contributed by atoms with Gasteiger partial charge in [-0.05, 0) is 68.1 Å². The van der Waals surface area contributed by atoms with Crippen LogP contribution in [0.15, 0.2) is 60.7 Å². The van der Waals surface area contributed by atoms with Crippen molar-refractivity contribution in [2.75, 3.05) is 6.61 Å². The molecule has 0 saturated carbocycles. The molecule has 2 unspecified atom stereocenters. The number of allylic oxidation sites excluding steroid dienone is 2. The second kappa shape index (κ2) is 13.2. The zero-order valence-electron chi connectivity index (χ0n) is 22.2. The summed E-state index contributed by atoms with van der Waals surface area (Å²) in [5, 5.41) is 0. The molecule has 202 valence electrons. The molecule has 1 heterocycles. The molecule has 0 bridgehead atoms. The van der Waals surface area contributed by atoms with Crippen LogP contribution < -0.4 is 0 Å². The van der Waals surface area contributed by atoms with E-state index in [1.54, 1.807) is 48.5 Å². The summed E-state index contributed by atoms with van der Waals surface area (Å²) in [6.07, 6.45) is 10.6. The molecule has 1 fully saturated rings. The third kappa shape index (κ3) is 6.37. The molecule has 1 nitrogen and oxygen atoms in total. The number of unbranched alkanes of at least 4 members (excludes halogenated alkanes) is 2. The zero-order chi connectivity index (χ0) is 27.1. The van der Waals surface area contributed by atoms with Crippen molar-refractivity contribution in [3.05, 3.63) is 95.1 Å². The molecule has 1 aliphatic heterocycles. The molecule has 38 heavy (non-hydrogen) atoms. The van der Waals surface area contributed by atoms with Gasteiger partial charge in [-0.15, -0.1) is 0 Å². The maximum absolute atomic E-state index is 15.1. The van der Waals surface area contributed by atoms with Gasteiger partial charge in [-0.2, -0.15) is 0 Å². The first-order chi connectivity index (χ1) is 18.4. The van der Waals surface area contributed by atoms with E-state index in [1.807, 2.05) is 13.0 Å². The van der Waals surface area contributed by atoms with Crippen LogP contribution >= 0.6 is 0 Å². The molecule has 0 radical (unpaired) electrons. The van der Waals surface area contributed by atoms with Crippen molar-refractivity contribution in [1.29, 1.82) is 0 Å². The average Bonchev–Trinajstić information content (AvgIpc) is 2.94. The molecule has 0 amide bonds. The highest BCUT2D eigenvalue weighted by Crippen LogP contribution is 2.37. The zero-order valence-corrected chi connectivity index (χ0v) is 22.2. The van der Waals surface area contributed by atoms with Gasteiger partial charge in [-0.3, -0.25) is 0 Å². The molecule has 4 rings (SSSR count). The van der Waals surface area contributed by atoms with Gasteiger partial charge >= 0.3 is 0 Å². The molecule has 0 aliphatic carbocycles. The van der Waals surface area contributed by atoms with Gasteiger partial charge in [-0.1, -0.05) is 80.4 Å². The minimum absolute atomic E-state index is 0.121. The van der Waals surface area contributed by atoms with E-state index >= 15 is 8.78 Å². The molecule has 1 aliphatic rings. The second-order valence-corrected chi connectivity index (χ2v) is 10.2. The number of benzene rings is 3. The summed E-state index contributed by atoms with van der Waals surface area (Å²) in [7, 11) is 0. The smallest absolute Gasteiger partial charge is 0.167 e. The summed E-state index contributed by atoms with van der Waals surface area (Å²) in [5.74, 6) is -3.09. The standard InChI is InChI=1S/C33H36F4O/c1-3-5-7-9-22-11-20-29(38-21-22)28-19-18-27(32(36)33(28)37)24-14-12-23(13-15-24)26-17-16-25(10-8-6-4-2)30(34)31(26)35/h3,5,12-19,22,29H,4,6-11,20-21H2,1-2H3. The number of ether oxygens (including phenoxy) is 1. The Morgan fingerprint density at radius 1 is 0.789 bits per heavy atom. The Hall–Kier alpha value is -2.92. The lowest BCUT2D eigenvalue weighted by Gasteiger charge is -2.29. The molecule has 0 N–H and O–H groups in total. The van der Waals surface area contributed by atoms with Crippen molar-refractivity contribution in [3.63, 3.8) is 0 Å². The van der Waals surface area contributed by atoms with E-state index in [0.29, 0.717) is 42.1 Å². The van der Waals surface area contributed by atoms with Crippen molar-refractivity contribution in [2.24, 2.45) is 5.92 Å². The van der Waals surface area contributed by atoms with Crippen molar-refractivity contribution in [2.45, 2.75) is 71.3 Å². The van der Waals surface area contributed by atoms with Crippen LogP contribution in [-0.4, -0.2) is 6.61 Å². The van der Waals surface area contributed by atoms with Gasteiger partial charge in [0, 0.05) is 16.7 Å². The van der Waals surface area contributed by atoms with Gasteiger partial charge in [0.25, 0.3) is 0 Å². The van der Waals surface area contributed by atoms with Gasteiger partial charge in [0.15, 0.2) is 23.3 Å². The van der Waals surface area contributed by atoms with Gasteiger partial charge in [0.05, 0.1) is 12.7 Å². The van der Waals surface area contributed by atoms with Gasteiger partial charge in [0.2, 0.25) is 0 Å². The maximum Gasteiger partial charge on any atom is 0.167 e. The minimum Gasteiger partial charge on any atom is -0.373 e. The third-order valence-electron chi connectivity index (χ3n) is 7.53. The van der Waals surface area contributed by atoms with E-state index in [1.165, 1.54) is 0 Å². The summed E-state index contributed by atoms with van der Waals surface area (Å²) < 4.78 is 65.6. The highest BCUT2D eigenvalue weighted by Gasteiger charge is 2.27. The van der Waals surface area contributed by atoms with E-state index in [4.69, 9.17) is 4.74 Å². The topological polar surface area (TPSA) is 9.23 Å². The predicted octanol–water partition coefficient (Wildman–Crippen LogP) is 10.1. The van der Waals surface area contributed by atoms with Gasteiger partial charge in [0.1, 0.15) is 0 Å². The van der Waals surface area contributed by atoms with E-state index in [2.05, 4.69) is 13.0 Å². The number of rotatable bonds is 10. The number of aryl methyl sites for hydroxylation is 1. The van der Waals surface area contributed by atoms with Crippen LogP contribution in [0.4, 0.5) is 17.6 Å². The number of hydrogen-bond donors (Lipinski definition) is 0. The Bertz CT molecular complexity index is 1240. The summed E-state index contributed by atoms with van der Waals surface area (Å²) >= 11 is 0. The Morgan fingerprint density at radius 3 is 2.05 bits per heavy atom. The highest BCUT2D eigenvalue weighted by atomic mass is 19.2. The lowest BCUT2D eigenvalue weighted by atomic mass is 9.90. The lowest BCUT2D eigenvalue weighted by Crippen LogP contribution is -2.21.